The Morgan fingerprint density at radius 1 is 0.439 bits per heavy atom. The Hall–Kier alpha value is -5.18. The van der Waals surface area contributed by atoms with Gasteiger partial charge in [0, 0.05) is 4.47 Å². The van der Waals surface area contributed by atoms with Crippen molar-refractivity contribution in [3.8, 4) is 22.3 Å². The van der Waals surface area contributed by atoms with Gasteiger partial charge in [-0.2, -0.15) is 6.42 Å². The molecule has 0 saturated carbocycles. The van der Waals surface area contributed by atoms with Gasteiger partial charge >= 0.3 is 26.0 Å². The molecule has 10 aromatic rings. The molecule has 0 heterocycles. The first-order chi connectivity index (χ1) is 27.4. The van der Waals surface area contributed by atoms with Crippen LogP contribution in [0.4, 0.5) is 0 Å². The summed E-state index contributed by atoms with van der Waals surface area (Å²) < 4.78 is 1.11. The molecule has 272 valence electrons. The van der Waals surface area contributed by atoms with Gasteiger partial charge in [0.2, 0.25) is 0 Å². The second-order valence-corrected chi connectivity index (χ2v) is 15.1. The first kappa shape index (κ1) is 40.0. The van der Waals surface area contributed by atoms with Gasteiger partial charge in [-0.25, -0.2) is 0 Å². The van der Waals surface area contributed by atoms with Gasteiger partial charge in [-0.15, -0.1) is 0 Å². The summed E-state index contributed by atoms with van der Waals surface area (Å²) in [6, 6.07) is 63.8. The van der Waals surface area contributed by atoms with Crippen molar-refractivity contribution in [3.05, 3.63) is 193 Å². The van der Waals surface area contributed by atoms with E-state index in [1.54, 1.807) is 6.07 Å². The SMILES string of the molecule is Brc1ccc2ccc(-c3cc4ccccc4c4ccccc34)cc2c1.OB(O)c1ccc2ccc(-c3cc4ccccc4c4ccccc34)cc2c1.[CH2-]CCC.[Li+]. The number of benzene rings is 10. The molecule has 5 heteroatoms. The maximum absolute atomic E-state index is 9.48. The van der Waals surface area contributed by atoms with Crippen molar-refractivity contribution in [3.63, 3.8) is 0 Å². The van der Waals surface area contributed by atoms with Crippen LogP contribution in [0.5, 0.6) is 0 Å². The van der Waals surface area contributed by atoms with Crippen molar-refractivity contribution in [2.45, 2.75) is 19.8 Å². The summed E-state index contributed by atoms with van der Waals surface area (Å²) in [6.07, 6.45) is 2.28. The molecule has 0 spiro atoms. The molecule has 0 fully saturated rings. The molecule has 10 rings (SSSR count). The van der Waals surface area contributed by atoms with Crippen molar-refractivity contribution in [2.75, 3.05) is 0 Å². The van der Waals surface area contributed by atoms with Crippen molar-refractivity contribution < 1.29 is 28.9 Å². The number of hydrogen-bond donors (Lipinski definition) is 2. The predicted octanol–water partition coefficient (Wildman–Crippen LogP) is 10.7. The maximum Gasteiger partial charge on any atom is 1.00 e. The van der Waals surface area contributed by atoms with Crippen LogP contribution >= 0.6 is 15.9 Å². The molecule has 0 bridgehead atoms. The summed E-state index contributed by atoms with van der Waals surface area (Å²) >= 11 is 3.59. The third kappa shape index (κ3) is 8.44. The van der Waals surface area contributed by atoms with Crippen LogP contribution in [0.2, 0.25) is 0 Å². The molecular formula is C52H41BBrLiO2. The maximum atomic E-state index is 9.48. The van der Waals surface area contributed by atoms with Crippen LogP contribution in [0, 0.1) is 6.92 Å². The summed E-state index contributed by atoms with van der Waals surface area (Å²) in [6.45, 7) is 5.72. The van der Waals surface area contributed by atoms with Crippen LogP contribution in [-0.4, -0.2) is 17.2 Å². The van der Waals surface area contributed by atoms with E-state index in [4.69, 9.17) is 0 Å². The van der Waals surface area contributed by atoms with Crippen LogP contribution in [0.1, 0.15) is 19.8 Å². The van der Waals surface area contributed by atoms with E-state index in [9.17, 15) is 10.0 Å². The average Bonchev–Trinajstić information content (AvgIpc) is 3.25. The quantitative estimate of drug-likeness (QED) is 0.106. The third-order valence-corrected chi connectivity index (χ3v) is 11.0. The Morgan fingerprint density at radius 2 is 0.842 bits per heavy atom. The summed E-state index contributed by atoms with van der Waals surface area (Å²) in [4.78, 5) is 0. The molecule has 0 aliphatic carbocycles. The van der Waals surface area contributed by atoms with Crippen molar-refractivity contribution in [1.29, 1.82) is 0 Å². The normalized spacial score (nSPS) is 10.9. The van der Waals surface area contributed by atoms with E-state index in [-0.39, 0.29) is 18.9 Å². The number of halogens is 1. The Bertz CT molecular complexity index is 3010. The van der Waals surface area contributed by atoms with Crippen molar-refractivity contribution in [2.24, 2.45) is 0 Å². The Kier molecular flexibility index (Phi) is 12.6. The fourth-order valence-corrected chi connectivity index (χ4v) is 7.94. The second-order valence-electron chi connectivity index (χ2n) is 14.1. The molecule has 0 unspecified atom stereocenters. The van der Waals surface area contributed by atoms with Crippen LogP contribution < -0.4 is 24.3 Å². The molecule has 2 nitrogen and oxygen atoms in total. The molecule has 0 amide bonds. The van der Waals surface area contributed by atoms with Crippen molar-refractivity contribution in [1.82, 2.24) is 0 Å². The molecule has 0 atom stereocenters. The molecule has 0 radical (unpaired) electrons. The fourth-order valence-electron chi connectivity index (χ4n) is 7.56. The van der Waals surface area contributed by atoms with Gasteiger partial charge in [0.05, 0.1) is 0 Å². The van der Waals surface area contributed by atoms with Crippen LogP contribution in [0.3, 0.4) is 0 Å². The van der Waals surface area contributed by atoms with Gasteiger partial charge in [-0.1, -0.05) is 175 Å². The number of unbranched alkanes of at least 4 members (excludes halogenated alkanes) is 1. The van der Waals surface area contributed by atoms with Crippen molar-refractivity contribution >= 4 is 93.1 Å². The minimum Gasteiger partial charge on any atom is -0.423 e. The summed E-state index contributed by atoms with van der Waals surface area (Å²) in [5.41, 5.74) is 5.35. The molecule has 0 aliphatic heterocycles. The molecule has 0 aliphatic rings. The zero-order chi connectivity index (χ0) is 38.6. The van der Waals surface area contributed by atoms with Gasteiger partial charge in [0.25, 0.3) is 0 Å². The predicted molar refractivity (Wildman–Crippen MR) is 247 cm³/mol. The summed E-state index contributed by atoms with van der Waals surface area (Å²) in [5, 5.41) is 33.7. The fraction of sp³-hybridized carbons (Fsp3) is 0.0577. The van der Waals surface area contributed by atoms with E-state index in [1.165, 1.54) is 77.0 Å². The van der Waals surface area contributed by atoms with Crippen LogP contribution in [0.15, 0.2) is 186 Å². The first-order valence-corrected chi connectivity index (χ1v) is 19.9. The van der Waals surface area contributed by atoms with Gasteiger partial charge < -0.3 is 17.0 Å². The molecule has 2 N–H and O–H groups in total. The van der Waals surface area contributed by atoms with E-state index in [2.05, 4.69) is 194 Å². The van der Waals surface area contributed by atoms with E-state index in [0.717, 1.165) is 27.2 Å². The molecular weight excluding hydrogens is 754 g/mol. The topological polar surface area (TPSA) is 40.5 Å². The minimum atomic E-state index is -1.46. The molecule has 10 aromatic carbocycles. The van der Waals surface area contributed by atoms with Gasteiger partial charge in [-0.3, -0.25) is 0 Å². The molecule has 57 heavy (non-hydrogen) atoms. The van der Waals surface area contributed by atoms with Crippen LogP contribution in [-0.2, 0) is 0 Å². The number of rotatable bonds is 4. The van der Waals surface area contributed by atoms with E-state index in [1.807, 2.05) is 12.1 Å². The van der Waals surface area contributed by atoms with Crippen LogP contribution in [0.25, 0.3) is 86.9 Å². The second kappa shape index (κ2) is 18.0. The average molecular weight is 796 g/mol. The monoisotopic (exact) mass is 794 g/mol. The third-order valence-electron chi connectivity index (χ3n) is 10.5. The van der Waals surface area contributed by atoms with Gasteiger partial charge in [0.1, 0.15) is 0 Å². The number of hydrogen-bond acceptors (Lipinski definition) is 2. The Labute approximate surface area is 355 Å². The Balaban J connectivity index is 0.000000157. The molecule has 0 saturated heterocycles. The van der Waals surface area contributed by atoms with Gasteiger partial charge in [-0.05, 0) is 129 Å². The van der Waals surface area contributed by atoms with E-state index in [0.29, 0.717) is 5.46 Å². The smallest absolute Gasteiger partial charge is 0.423 e. The summed E-state index contributed by atoms with van der Waals surface area (Å²) in [7, 11) is -1.46. The van der Waals surface area contributed by atoms with E-state index < -0.39 is 7.12 Å². The zero-order valence-electron chi connectivity index (χ0n) is 32.3. The summed E-state index contributed by atoms with van der Waals surface area (Å²) in [5.74, 6) is 0. The zero-order valence-corrected chi connectivity index (χ0v) is 33.9. The number of fused-ring (bicyclic) bond motifs is 8. The Morgan fingerprint density at radius 3 is 1.32 bits per heavy atom. The minimum absolute atomic E-state index is 0. The van der Waals surface area contributed by atoms with Gasteiger partial charge in [0.15, 0.2) is 0 Å². The first-order valence-electron chi connectivity index (χ1n) is 19.1. The van der Waals surface area contributed by atoms with E-state index >= 15 is 0 Å². The molecule has 0 aromatic heterocycles. The largest absolute Gasteiger partial charge is 1.00 e. The standard InChI is InChI=1S/C24H17BO2.C24H15Br.C4H9.Li/c26-25(27)20-12-11-16-9-10-18(13-19(16)14-20)24-15-17-5-1-2-6-21(17)22-7-3-4-8-23(22)24;25-20-12-11-16-9-10-18(13-19(16)14-20)24-15-17-5-1-2-6-21(17)22-7-3-4-8-23(22)24;1-3-4-2;/h1-15,26-27H;1-15H;1,3-4H2,2H3;/q;;-1;+1.